The molecule has 0 aliphatic carbocycles. The molecular formula is C6H7F3S. The molecule has 0 unspecified atom stereocenters. The number of halogens is 3. The Hall–Kier alpha value is -0.300. The highest BCUT2D eigenvalue weighted by Crippen LogP contribution is 2.11. The van der Waals surface area contributed by atoms with Crippen molar-refractivity contribution in [3.8, 4) is 11.8 Å². The fraction of sp³-hybridized carbons (Fsp3) is 0.667. The molecule has 0 bridgehead atoms. The summed E-state index contributed by atoms with van der Waals surface area (Å²) in [5.41, 5.74) is 0. The van der Waals surface area contributed by atoms with Crippen molar-refractivity contribution in [1.82, 2.24) is 0 Å². The average Bonchev–Trinajstić information content (AvgIpc) is 1.78. The lowest BCUT2D eigenvalue weighted by molar-refractivity contribution is -0.0697. The first-order valence-corrected chi connectivity index (χ1v) is 4.01. The van der Waals surface area contributed by atoms with Gasteiger partial charge in [0.05, 0.1) is 0 Å². The van der Waals surface area contributed by atoms with Gasteiger partial charge in [-0.2, -0.15) is 24.9 Å². The lowest BCUT2D eigenvalue weighted by Crippen LogP contribution is -2.01. The van der Waals surface area contributed by atoms with Gasteiger partial charge in [0.25, 0.3) is 0 Å². The number of alkyl halides is 3. The lowest BCUT2D eigenvalue weighted by atomic mass is 10.4. The van der Waals surface area contributed by atoms with Crippen molar-refractivity contribution in [1.29, 1.82) is 0 Å². The molecule has 0 spiro atoms. The molecule has 0 atom stereocenters. The molecule has 0 N–H and O–H groups in total. The minimum absolute atomic E-state index is 0.306. The number of hydrogen-bond donors (Lipinski definition) is 0. The zero-order valence-electron chi connectivity index (χ0n) is 5.46. The van der Waals surface area contributed by atoms with Crippen molar-refractivity contribution in [2.75, 3.05) is 12.0 Å². The normalized spacial score (nSPS) is 10.4. The Morgan fingerprint density at radius 2 is 2.00 bits per heavy atom. The largest absolute Gasteiger partial charge is 0.457 e. The van der Waals surface area contributed by atoms with Gasteiger partial charge < -0.3 is 0 Å². The summed E-state index contributed by atoms with van der Waals surface area (Å²) in [5, 5.41) is 0. The van der Waals surface area contributed by atoms with Crippen molar-refractivity contribution in [3.63, 3.8) is 0 Å². The summed E-state index contributed by atoms with van der Waals surface area (Å²) in [4.78, 5) is 0. The topological polar surface area (TPSA) is 0 Å². The molecule has 0 aromatic rings. The van der Waals surface area contributed by atoms with E-state index in [9.17, 15) is 13.2 Å². The van der Waals surface area contributed by atoms with Gasteiger partial charge in [-0.1, -0.05) is 5.92 Å². The molecule has 58 valence electrons. The zero-order chi connectivity index (χ0) is 8.04. The molecule has 0 radical (unpaired) electrons. The summed E-state index contributed by atoms with van der Waals surface area (Å²) in [6.07, 6.45) is -2.19. The fourth-order valence-corrected chi connectivity index (χ4v) is 0.622. The molecule has 0 saturated heterocycles. The molecule has 0 aromatic heterocycles. The van der Waals surface area contributed by atoms with E-state index in [4.69, 9.17) is 0 Å². The van der Waals surface area contributed by atoms with Crippen LogP contribution in [0.15, 0.2) is 0 Å². The van der Waals surface area contributed by atoms with Gasteiger partial charge >= 0.3 is 6.18 Å². The Labute approximate surface area is 62.2 Å². The first-order chi connectivity index (χ1) is 4.56. The maximum Gasteiger partial charge on any atom is 0.457 e. The van der Waals surface area contributed by atoms with Crippen molar-refractivity contribution < 1.29 is 13.2 Å². The second kappa shape index (κ2) is 4.51. The number of rotatable bonds is 2. The van der Waals surface area contributed by atoms with E-state index in [1.165, 1.54) is 17.7 Å². The minimum Gasteiger partial charge on any atom is -0.164 e. The number of hydrogen-bond acceptors (Lipinski definition) is 1. The summed E-state index contributed by atoms with van der Waals surface area (Å²) in [6.45, 7) is 0. The van der Waals surface area contributed by atoms with Crippen molar-refractivity contribution >= 4 is 11.8 Å². The predicted octanol–water partition coefficient (Wildman–Crippen LogP) is 2.31. The van der Waals surface area contributed by atoms with Crippen LogP contribution in [-0.4, -0.2) is 18.2 Å². The molecule has 0 aromatic carbocycles. The van der Waals surface area contributed by atoms with E-state index in [0.717, 1.165) is 0 Å². The molecule has 0 rings (SSSR count). The molecule has 10 heavy (non-hydrogen) atoms. The zero-order valence-corrected chi connectivity index (χ0v) is 6.27. The van der Waals surface area contributed by atoms with Crippen LogP contribution in [0, 0.1) is 11.8 Å². The maximum atomic E-state index is 11.3. The molecule has 0 aliphatic rings. The van der Waals surface area contributed by atoms with Gasteiger partial charge in [0, 0.05) is 18.1 Å². The Morgan fingerprint density at radius 3 is 2.40 bits per heavy atom. The lowest BCUT2D eigenvalue weighted by Gasteiger charge is -1.91. The van der Waals surface area contributed by atoms with Crippen LogP contribution in [0.25, 0.3) is 0 Å². The van der Waals surface area contributed by atoms with E-state index in [-0.39, 0.29) is 0 Å². The molecule has 4 heteroatoms. The van der Waals surface area contributed by atoms with E-state index in [0.29, 0.717) is 12.2 Å². The fourth-order valence-electron chi connectivity index (χ4n) is 0.316. The summed E-state index contributed by atoms with van der Waals surface area (Å²) in [5.74, 6) is 3.88. The van der Waals surface area contributed by atoms with Gasteiger partial charge in [0.1, 0.15) is 0 Å². The molecule has 0 nitrogen and oxygen atoms in total. The molecule has 0 saturated carbocycles. The Kier molecular flexibility index (Phi) is 4.37. The minimum atomic E-state index is -4.32. The summed E-state index contributed by atoms with van der Waals surface area (Å²) >= 11 is 1.48. The summed E-state index contributed by atoms with van der Waals surface area (Å²) < 4.78 is 33.9. The van der Waals surface area contributed by atoms with Gasteiger partial charge in [0.15, 0.2) is 0 Å². The van der Waals surface area contributed by atoms with Gasteiger partial charge in [-0.05, 0) is 6.26 Å². The Balaban J connectivity index is 3.50. The quantitative estimate of drug-likeness (QED) is 0.450. The maximum absolute atomic E-state index is 11.3. The van der Waals surface area contributed by atoms with E-state index < -0.39 is 6.18 Å². The molecule has 0 aliphatic heterocycles. The molecule has 0 fully saturated rings. The second-order valence-corrected chi connectivity index (χ2v) is 2.53. The first kappa shape index (κ1) is 9.70. The van der Waals surface area contributed by atoms with E-state index in [1.54, 1.807) is 0 Å². The third-order valence-electron chi connectivity index (χ3n) is 0.661. The number of thioether (sulfide) groups is 1. The van der Waals surface area contributed by atoms with Crippen LogP contribution in [-0.2, 0) is 0 Å². The van der Waals surface area contributed by atoms with E-state index in [1.807, 2.05) is 12.2 Å². The third kappa shape index (κ3) is 7.70. The standard InChI is InChI=1S/C6H7F3S/c1-10-5-3-2-4-6(7,8)9/h3,5H2,1H3. The molecule has 0 amide bonds. The first-order valence-electron chi connectivity index (χ1n) is 2.62. The second-order valence-electron chi connectivity index (χ2n) is 1.54. The highest BCUT2D eigenvalue weighted by Gasteiger charge is 2.22. The third-order valence-corrected chi connectivity index (χ3v) is 1.27. The summed E-state index contributed by atoms with van der Waals surface area (Å²) in [6, 6.07) is 0. The average molecular weight is 168 g/mol. The Morgan fingerprint density at radius 1 is 1.40 bits per heavy atom. The van der Waals surface area contributed by atoms with Crippen LogP contribution < -0.4 is 0 Å². The highest BCUT2D eigenvalue weighted by molar-refractivity contribution is 7.98. The smallest absolute Gasteiger partial charge is 0.164 e. The van der Waals surface area contributed by atoms with Gasteiger partial charge in [-0.3, -0.25) is 0 Å². The van der Waals surface area contributed by atoms with Gasteiger partial charge in [0.2, 0.25) is 0 Å². The Bertz CT molecular complexity index is 139. The van der Waals surface area contributed by atoms with Crippen molar-refractivity contribution in [2.45, 2.75) is 12.6 Å². The molecular weight excluding hydrogens is 161 g/mol. The van der Waals surface area contributed by atoms with Gasteiger partial charge in [-0.15, -0.1) is 0 Å². The van der Waals surface area contributed by atoms with Crippen molar-refractivity contribution in [3.05, 3.63) is 0 Å². The van der Waals surface area contributed by atoms with Crippen LogP contribution in [0.5, 0.6) is 0 Å². The monoisotopic (exact) mass is 168 g/mol. The van der Waals surface area contributed by atoms with Crippen LogP contribution in [0.4, 0.5) is 13.2 Å². The predicted molar refractivity (Wildman–Crippen MR) is 36.8 cm³/mol. The van der Waals surface area contributed by atoms with Crippen molar-refractivity contribution in [2.24, 2.45) is 0 Å². The van der Waals surface area contributed by atoms with E-state index >= 15 is 0 Å². The molecule has 0 heterocycles. The van der Waals surface area contributed by atoms with Gasteiger partial charge in [-0.25, -0.2) is 0 Å². The highest BCUT2D eigenvalue weighted by atomic mass is 32.2. The van der Waals surface area contributed by atoms with Crippen LogP contribution in [0.2, 0.25) is 0 Å². The SMILES string of the molecule is CSCCC#CC(F)(F)F. The summed E-state index contributed by atoms with van der Waals surface area (Å²) in [7, 11) is 0. The van der Waals surface area contributed by atoms with E-state index in [2.05, 4.69) is 0 Å². The van der Waals surface area contributed by atoms with Crippen LogP contribution in [0.3, 0.4) is 0 Å². The van der Waals surface area contributed by atoms with Crippen LogP contribution >= 0.6 is 11.8 Å². The van der Waals surface area contributed by atoms with Crippen LogP contribution in [0.1, 0.15) is 6.42 Å².